The Hall–Kier alpha value is -0.140. The Bertz CT molecular complexity index is 119. The van der Waals surface area contributed by atoms with Crippen molar-refractivity contribution in [2.75, 3.05) is 0 Å². The van der Waals surface area contributed by atoms with Gasteiger partial charge in [0, 0.05) is 12.5 Å². The predicted octanol–water partition coefficient (Wildman–Crippen LogP) is 1.40. The molecule has 66 valence electrons. The first-order valence-electron chi connectivity index (χ1n) is 3.84. The maximum atomic E-state index is 10.1. The lowest BCUT2D eigenvalue weighted by atomic mass is 10.1. The number of nitrogens with one attached hydrogen (secondary N) is 1. The molecule has 2 unspecified atom stereocenters. The maximum absolute atomic E-state index is 10.1. The first kappa shape index (κ1) is 10.9. The lowest BCUT2D eigenvalue weighted by Gasteiger charge is -2.07. The van der Waals surface area contributed by atoms with Crippen LogP contribution in [0.1, 0.15) is 32.6 Å². The minimum absolute atomic E-state index is 0.295. The molecular formula is C7H16NO2P. The highest BCUT2D eigenvalue weighted by Crippen LogP contribution is 2.03. The molecule has 0 aromatic rings. The van der Waals surface area contributed by atoms with E-state index in [-0.39, 0.29) is 0 Å². The number of hydrogen-bond acceptors (Lipinski definition) is 2. The summed E-state index contributed by atoms with van der Waals surface area (Å²) in [5, 5.41) is 11.3. The molecule has 3 nitrogen and oxygen atoms in total. The Labute approximate surface area is 69.8 Å². The molecule has 0 aromatic carbocycles. The Morgan fingerprint density at radius 3 is 2.73 bits per heavy atom. The molecule has 0 saturated heterocycles. The van der Waals surface area contributed by atoms with Crippen molar-refractivity contribution in [2.45, 2.75) is 38.6 Å². The molecule has 11 heavy (non-hydrogen) atoms. The van der Waals surface area contributed by atoms with Crippen molar-refractivity contribution >= 4 is 15.4 Å². The predicted molar refractivity (Wildman–Crippen MR) is 48.4 cm³/mol. The summed E-state index contributed by atoms with van der Waals surface area (Å²) >= 11 is 0. The van der Waals surface area contributed by atoms with Crippen LogP contribution in [0.2, 0.25) is 0 Å². The molecule has 0 aliphatic heterocycles. The van der Waals surface area contributed by atoms with Gasteiger partial charge in [0.25, 0.3) is 0 Å². The zero-order valence-corrected chi connectivity index (χ0v) is 7.99. The van der Waals surface area contributed by atoms with Crippen LogP contribution in [0, 0.1) is 0 Å². The normalized spacial score (nSPS) is 12.9. The maximum Gasteiger partial charge on any atom is 0.303 e. The van der Waals surface area contributed by atoms with E-state index in [1.165, 1.54) is 0 Å². The van der Waals surface area contributed by atoms with E-state index in [0.29, 0.717) is 12.5 Å². The van der Waals surface area contributed by atoms with Crippen molar-refractivity contribution in [3.8, 4) is 0 Å². The molecule has 0 aromatic heterocycles. The van der Waals surface area contributed by atoms with E-state index in [9.17, 15) is 4.79 Å². The smallest absolute Gasteiger partial charge is 0.303 e. The number of carboxylic acids is 1. The third-order valence-electron chi connectivity index (χ3n) is 1.56. The van der Waals surface area contributed by atoms with Crippen LogP contribution in [0.5, 0.6) is 0 Å². The molecule has 2 N–H and O–H groups in total. The highest BCUT2D eigenvalue weighted by Gasteiger charge is 1.99. The van der Waals surface area contributed by atoms with Gasteiger partial charge >= 0.3 is 5.97 Å². The number of carboxylic acid groups (broad SMARTS) is 1. The van der Waals surface area contributed by atoms with Gasteiger partial charge in [-0.3, -0.25) is 9.88 Å². The lowest BCUT2D eigenvalue weighted by molar-refractivity contribution is -0.137. The van der Waals surface area contributed by atoms with E-state index >= 15 is 0 Å². The molecule has 2 atom stereocenters. The first-order valence-corrected chi connectivity index (χ1v) is 4.42. The molecule has 0 heterocycles. The summed E-state index contributed by atoms with van der Waals surface area (Å²) in [7, 11) is 2.46. The zero-order valence-electron chi connectivity index (χ0n) is 6.84. The Morgan fingerprint density at radius 2 is 2.27 bits per heavy atom. The van der Waals surface area contributed by atoms with E-state index in [1.54, 1.807) is 0 Å². The molecule has 0 amide bonds. The number of carbonyl (C=O) groups is 1. The van der Waals surface area contributed by atoms with Crippen molar-refractivity contribution < 1.29 is 9.90 Å². The van der Waals surface area contributed by atoms with Crippen molar-refractivity contribution in [1.82, 2.24) is 5.09 Å². The molecule has 0 spiro atoms. The molecule has 0 aliphatic carbocycles. The summed E-state index contributed by atoms with van der Waals surface area (Å²) in [6.45, 7) is 2.08. The molecule has 0 fully saturated rings. The number of aliphatic carboxylic acids is 1. The summed E-state index contributed by atoms with van der Waals surface area (Å²) in [5.74, 6) is -0.698. The lowest BCUT2D eigenvalue weighted by Crippen LogP contribution is -2.14. The van der Waals surface area contributed by atoms with Gasteiger partial charge in [0.15, 0.2) is 0 Å². The van der Waals surface area contributed by atoms with Crippen LogP contribution >= 0.6 is 9.39 Å². The molecule has 0 aliphatic rings. The summed E-state index contributed by atoms with van der Waals surface area (Å²) in [5.41, 5.74) is 0. The number of hydrogen-bond donors (Lipinski definition) is 2. The van der Waals surface area contributed by atoms with Crippen LogP contribution in [0.15, 0.2) is 0 Å². The summed E-state index contributed by atoms with van der Waals surface area (Å²) in [6, 6.07) is 0.466. The molecule has 0 radical (unpaired) electrons. The number of unbranched alkanes of at least 4 members (excludes halogenated alkanes) is 1. The zero-order chi connectivity index (χ0) is 8.69. The average molecular weight is 177 g/mol. The summed E-state index contributed by atoms with van der Waals surface area (Å²) in [4.78, 5) is 10.1. The van der Waals surface area contributed by atoms with Gasteiger partial charge in [-0.25, -0.2) is 0 Å². The Morgan fingerprint density at radius 1 is 1.64 bits per heavy atom. The molecular weight excluding hydrogens is 161 g/mol. The monoisotopic (exact) mass is 177 g/mol. The Kier molecular flexibility index (Phi) is 6.48. The molecule has 0 bridgehead atoms. The van der Waals surface area contributed by atoms with Crippen molar-refractivity contribution in [1.29, 1.82) is 0 Å². The molecule has 4 heteroatoms. The first-order chi connectivity index (χ1) is 5.16. The fraction of sp³-hybridized carbons (Fsp3) is 0.857. The minimum Gasteiger partial charge on any atom is -0.481 e. The summed E-state index contributed by atoms with van der Waals surface area (Å²) in [6.07, 6.45) is 3.10. The largest absolute Gasteiger partial charge is 0.481 e. The van der Waals surface area contributed by atoms with Gasteiger partial charge in [0.1, 0.15) is 0 Å². The van der Waals surface area contributed by atoms with E-state index in [0.717, 1.165) is 19.3 Å². The van der Waals surface area contributed by atoms with Crippen molar-refractivity contribution in [2.24, 2.45) is 0 Å². The van der Waals surface area contributed by atoms with Gasteiger partial charge in [0.2, 0.25) is 0 Å². The van der Waals surface area contributed by atoms with Crippen molar-refractivity contribution in [3.05, 3.63) is 0 Å². The van der Waals surface area contributed by atoms with E-state index in [1.807, 2.05) is 0 Å². The van der Waals surface area contributed by atoms with E-state index in [2.05, 4.69) is 21.4 Å². The van der Waals surface area contributed by atoms with Gasteiger partial charge in [0.05, 0.1) is 0 Å². The summed E-state index contributed by atoms with van der Waals surface area (Å²) < 4.78 is 0. The van der Waals surface area contributed by atoms with Gasteiger partial charge < -0.3 is 5.11 Å². The quantitative estimate of drug-likeness (QED) is 0.476. The molecule has 0 saturated carbocycles. The topological polar surface area (TPSA) is 49.3 Å². The van der Waals surface area contributed by atoms with Crippen LogP contribution in [0.3, 0.4) is 0 Å². The fourth-order valence-electron chi connectivity index (χ4n) is 0.810. The second-order valence-corrected chi connectivity index (χ2v) is 3.04. The van der Waals surface area contributed by atoms with Crippen LogP contribution < -0.4 is 5.09 Å². The van der Waals surface area contributed by atoms with Gasteiger partial charge in [-0.1, -0.05) is 15.8 Å². The highest BCUT2D eigenvalue weighted by molar-refractivity contribution is 7.13. The van der Waals surface area contributed by atoms with Gasteiger partial charge in [-0.2, -0.15) is 0 Å². The van der Waals surface area contributed by atoms with Gasteiger partial charge in [-0.15, -0.1) is 0 Å². The van der Waals surface area contributed by atoms with E-state index < -0.39 is 5.97 Å². The third kappa shape index (κ3) is 7.76. The standard InChI is InChI=1S/C7H16NO2P/c1-6(8-11)4-2-3-5-7(9)10/h6,8H,2-5,11H2,1H3,(H,9,10). The SMILES string of the molecule is CC(CCCCC(=O)O)NP. The Balaban J connectivity index is 3.08. The fourth-order valence-corrected chi connectivity index (χ4v) is 0.977. The average Bonchev–Trinajstić information content (AvgIpc) is 1.97. The van der Waals surface area contributed by atoms with Crippen LogP contribution in [-0.4, -0.2) is 17.1 Å². The minimum atomic E-state index is -0.698. The van der Waals surface area contributed by atoms with Crippen LogP contribution in [-0.2, 0) is 4.79 Å². The van der Waals surface area contributed by atoms with E-state index in [4.69, 9.17) is 5.11 Å². The number of rotatable bonds is 6. The third-order valence-corrected chi connectivity index (χ3v) is 2.13. The second kappa shape index (κ2) is 6.56. The van der Waals surface area contributed by atoms with Gasteiger partial charge in [-0.05, 0) is 19.8 Å². The molecule has 0 rings (SSSR count). The van der Waals surface area contributed by atoms with Crippen molar-refractivity contribution in [3.63, 3.8) is 0 Å². The van der Waals surface area contributed by atoms with Crippen LogP contribution in [0.25, 0.3) is 0 Å². The highest BCUT2D eigenvalue weighted by atomic mass is 31.0. The van der Waals surface area contributed by atoms with Crippen LogP contribution in [0.4, 0.5) is 0 Å². The second-order valence-electron chi connectivity index (χ2n) is 2.71.